The zero-order chi connectivity index (χ0) is 15.8. The van der Waals surface area contributed by atoms with Crippen LogP contribution in [0.3, 0.4) is 0 Å². The third-order valence-electron chi connectivity index (χ3n) is 2.88. The number of hydrogen-bond donors (Lipinski definition) is 1. The second kappa shape index (κ2) is 8.83. The number of rotatable bonds is 7. The smallest absolute Gasteiger partial charge is 0.226 e. The fraction of sp³-hybridized carbons (Fsp3) is 0.235. The third kappa shape index (κ3) is 5.37. The molecule has 2 aromatic rings. The van der Waals surface area contributed by atoms with Crippen LogP contribution in [0.5, 0.6) is 0 Å². The van der Waals surface area contributed by atoms with E-state index in [4.69, 9.17) is 16.3 Å². The molecule has 0 heterocycles. The Kier molecular flexibility index (Phi) is 6.77. The van der Waals surface area contributed by atoms with Crippen LogP contribution in [0.1, 0.15) is 13.3 Å². The van der Waals surface area contributed by atoms with Gasteiger partial charge in [-0.05, 0) is 43.3 Å². The van der Waals surface area contributed by atoms with E-state index < -0.39 is 0 Å². The molecule has 0 spiro atoms. The van der Waals surface area contributed by atoms with Crippen LogP contribution in [-0.2, 0) is 9.53 Å². The van der Waals surface area contributed by atoms with Crippen LogP contribution in [0.2, 0.25) is 5.02 Å². The summed E-state index contributed by atoms with van der Waals surface area (Å²) in [5.74, 6) is -0.0417. The van der Waals surface area contributed by atoms with E-state index in [1.807, 2.05) is 55.5 Å². The van der Waals surface area contributed by atoms with Crippen molar-refractivity contribution in [2.45, 2.75) is 23.1 Å². The highest BCUT2D eigenvalue weighted by Crippen LogP contribution is 2.33. The Morgan fingerprint density at radius 2 is 1.91 bits per heavy atom. The highest BCUT2D eigenvalue weighted by molar-refractivity contribution is 7.99. The average molecular weight is 336 g/mol. The van der Waals surface area contributed by atoms with Crippen molar-refractivity contribution in [3.63, 3.8) is 0 Å². The number of amides is 1. The van der Waals surface area contributed by atoms with Crippen LogP contribution in [-0.4, -0.2) is 19.1 Å². The van der Waals surface area contributed by atoms with Crippen LogP contribution in [0.4, 0.5) is 5.69 Å². The van der Waals surface area contributed by atoms with Crippen LogP contribution < -0.4 is 5.32 Å². The molecule has 0 aliphatic rings. The molecule has 5 heteroatoms. The number of hydrogen-bond acceptors (Lipinski definition) is 3. The first-order chi connectivity index (χ1) is 10.7. The van der Waals surface area contributed by atoms with E-state index in [-0.39, 0.29) is 5.91 Å². The largest absolute Gasteiger partial charge is 0.381 e. The quantitative estimate of drug-likeness (QED) is 0.734. The molecule has 116 valence electrons. The monoisotopic (exact) mass is 335 g/mol. The number of anilines is 1. The Hall–Kier alpha value is -1.49. The predicted molar refractivity (Wildman–Crippen MR) is 91.8 cm³/mol. The van der Waals surface area contributed by atoms with Crippen molar-refractivity contribution >= 4 is 35.0 Å². The number of nitrogens with one attached hydrogen (secondary N) is 1. The van der Waals surface area contributed by atoms with Gasteiger partial charge in [-0.25, -0.2) is 0 Å². The molecular weight excluding hydrogens is 318 g/mol. The molecule has 1 N–H and O–H groups in total. The third-order valence-corrected chi connectivity index (χ3v) is 4.41. The Balaban J connectivity index is 1.90. The summed E-state index contributed by atoms with van der Waals surface area (Å²) in [7, 11) is 0. The number of carbonyl (C=O) groups excluding carboxylic acids is 1. The first-order valence-corrected chi connectivity index (χ1v) is 8.28. The van der Waals surface area contributed by atoms with E-state index in [0.29, 0.717) is 19.6 Å². The Morgan fingerprint density at radius 3 is 2.59 bits per heavy atom. The number of benzene rings is 2. The van der Waals surface area contributed by atoms with E-state index in [9.17, 15) is 4.79 Å². The van der Waals surface area contributed by atoms with Crippen molar-refractivity contribution in [3.05, 3.63) is 53.6 Å². The fourth-order valence-electron chi connectivity index (χ4n) is 1.79. The zero-order valence-corrected chi connectivity index (χ0v) is 13.9. The van der Waals surface area contributed by atoms with E-state index in [1.54, 1.807) is 11.8 Å². The summed E-state index contributed by atoms with van der Waals surface area (Å²) in [5.41, 5.74) is 0.782. The van der Waals surface area contributed by atoms with Crippen LogP contribution in [0.15, 0.2) is 58.3 Å². The minimum atomic E-state index is -0.0417. The predicted octanol–water partition coefficient (Wildman–Crippen LogP) is 4.86. The van der Waals surface area contributed by atoms with Gasteiger partial charge in [0.2, 0.25) is 5.91 Å². The van der Waals surface area contributed by atoms with Gasteiger partial charge >= 0.3 is 0 Å². The lowest BCUT2D eigenvalue weighted by molar-refractivity contribution is -0.117. The molecule has 3 nitrogen and oxygen atoms in total. The average Bonchev–Trinajstić information content (AvgIpc) is 2.52. The van der Waals surface area contributed by atoms with E-state index >= 15 is 0 Å². The van der Waals surface area contributed by atoms with Crippen molar-refractivity contribution in [3.8, 4) is 0 Å². The second-order valence-electron chi connectivity index (χ2n) is 4.55. The van der Waals surface area contributed by atoms with E-state index in [0.717, 1.165) is 20.5 Å². The van der Waals surface area contributed by atoms with Gasteiger partial charge in [0, 0.05) is 22.1 Å². The topological polar surface area (TPSA) is 38.3 Å². The summed E-state index contributed by atoms with van der Waals surface area (Å²) in [6.45, 7) is 2.98. The lowest BCUT2D eigenvalue weighted by Gasteiger charge is -2.07. The maximum atomic E-state index is 11.7. The highest BCUT2D eigenvalue weighted by Gasteiger charge is 2.04. The molecule has 0 aromatic heterocycles. The Labute approximate surface area is 140 Å². The molecule has 2 aromatic carbocycles. The van der Waals surface area contributed by atoms with Gasteiger partial charge in [-0.15, -0.1) is 0 Å². The number of halogens is 1. The molecule has 0 unspecified atom stereocenters. The van der Waals surface area contributed by atoms with E-state index in [1.165, 1.54) is 0 Å². The van der Waals surface area contributed by atoms with E-state index in [2.05, 4.69) is 5.32 Å². The van der Waals surface area contributed by atoms with Crippen molar-refractivity contribution in [2.24, 2.45) is 0 Å². The van der Waals surface area contributed by atoms with Crippen molar-refractivity contribution in [2.75, 3.05) is 18.5 Å². The molecule has 0 radical (unpaired) electrons. The molecule has 0 fully saturated rings. The Morgan fingerprint density at radius 1 is 1.18 bits per heavy atom. The summed E-state index contributed by atoms with van der Waals surface area (Å²) in [5, 5.41) is 3.59. The van der Waals surface area contributed by atoms with Crippen molar-refractivity contribution < 1.29 is 9.53 Å². The van der Waals surface area contributed by atoms with Gasteiger partial charge in [0.15, 0.2) is 0 Å². The molecular formula is C17H18ClNO2S. The lowest BCUT2D eigenvalue weighted by atomic mass is 10.3. The highest BCUT2D eigenvalue weighted by atomic mass is 35.5. The number of ether oxygens (including phenoxy) is 1. The lowest BCUT2D eigenvalue weighted by Crippen LogP contribution is -2.13. The van der Waals surface area contributed by atoms with Crippen LogP contribution >= 0.6 is 23.4 Å². The molecule has 0 aliphatic heterocycles. The molecule has 0 saturated carbocycles. The molecule has 0 saturated heterocycles. The molecule has 0 atom stereocenters. The summed E-state index contributed by atoms with van der Waals surface area (Å²) >= 11 is 7.74. The number of carbonyl (C=O) groups is 1. The van der Waals surface area contributed by atoms with Gasteiger partial charge in [-0.2, -0.15) is 0 Å². The maximum Gasteiger partial charge on any atom is 0.226 e. The van der Waals surface area contributed by atoms with Gasteiger partial charge in [-0.3, -0.25) is 4.79 Å². The molecule has 1 amide bonds. The second-order valence-corrected chi connectivity index (χ2v) is 6.07. The van der Waals surface area contributed by atoms with Crippen LogP contribution in [0, 0.1) is 0 Å². The molecule has 0 aliphatic carbocycles. The summed E-state index contributed by atoms with van der Waals surface area (Å²) in [4.78, 5) is 13.8. The van der Waals surface area contributed by atoms with Gasteiger partial charge in [0.05, 0.1) is 18.1 Å². The first-order valence-electron chi connectivity index (χ1n) is 7.09. The van der Waals surface area contributed by atoms with Gasteiger partial charge < -0.3 is 10.1 Å². The minimum Gasteiger partial charge on any atom is -0.381 e. The molecule has 22 heavy (non-hydrogen) atoms. The molecule has 0 bridgehead atoms. The normalized spacial score (nSPS) is 10.5. The van der Waals surface area contributed by atoms with Gasteiger partial charge in [0.1, 0.15) is 0 Å². The fourth-order valence-corrected chi connectivity index (χ4v) is 2.88. The minimum absolute atomic E-state index is 0.0417. The molecule has 2 rings (SSSR count). The van der Waals surface area contributed by atoms with Crippen molar-refractivity contribution in [1.82, 2.24) is 0 Å². The van der Waals surface area contributed by atoms with Gasteiger partial charge in [-0.1, -0.05) is 35.5 Å². The van der Waals surface area contributed by atoms with Crippen molar-refractivity contribution in [1.29, 1.82) is 0 Å². The summed E-state index contributed by atoms with van der Waals surface area (Å²) in [6.07, 6.45) is 0.365. The zero-order valence-electron chi connectivity index (χ0n) is 12.3. The standard InChI is InChI=1S/C17H18ClNO2S/c1-2-21-12-11-17(20)19-13-7-9-14(10-8-13)22-16-6-4-3-5-15(16)18/h3-10H,2,11-12H2,1H3,(H,19,20). The van der Waals surface area contributed by atoms with Crippen LogP contribution in [0.25, 0.3) is 0 Å². The first kappa shape index (κ1) is 16.9. The van der Waals surface area contributed by atoms with Gasteiger partial charge in [0.25, 0.3) is 0 Å². The SMILES string of the molecule is CCOCCC(=O)Nc1ccc(Sc2ccccc2Cl)cc1. The maximum absolute atomic E-state index is 11.7. The summed E-state index contributed by atoms with van der Waals surface area (Å²) in [6, 6.07) is 15.4. The summed E-state index contributed by atoms with van der Waals surface area (Å²) < 4.78 is 5.16. The Bertz CT molecular complexity index is 616.